The molecule has 0 aliphatic heterocycles. The average Bonchev–Trinajstić information content (AvgIpc) is 2.64. The van der Waals surface area contributed by atoms with Crippen LogP contribution in [0.3, 0.4) is 0 Å². The lowest BCUT2D eigenvalue weighted by Crippen LogP contribution is -2.06. The standard InChI is InChI=1S/C19H17ClO6/c1-24-16-6-3-12(4-8-18(21)22)9-13(16)11-26-17-7-5-14(20)10-15(17)19(23)25-2/h3-10H,11H2,1-2H3,(H,21,22). The molecule has 0 amide bonds. The highest BCUT2D eigenvalue weighted by Gasteiger charge is 2.15. The molecule has 0 unspecified atom stereocenters. The van der Waals surface area contributed by atoms with E-state index in [1.807, 2.05) is 0 Å². The first-order valence-corrected chi connectivity index (χ1v) is 7.91. The Kier molecular flexibility index (Phi) is 6.63. The van der Waals surface area contributed by atoms with Crippen LogP contribution in [0.5, 0.6) is 11.5 Å². The molecule has 0 fully saturated rings. The van der Waals surface area contributed by atoms with Crippen molar-refractivity contribution in [1.82, 2.24) is 0 Å². The lowest BCUT2D eigenvalue weighted by atomic mass is 10.1. The van der Waals surface area contributed by atoms with E-state index in [-0.39, 0.29) is 12.2 Å². The zero-order valence-electron chi connectivity index (χ0n) is 14.2. The quantitative estimate of drug-likeness (QED) is 0.584. The summed E-state index contributed by atoms with van der Waals surface area (Å²) in [5, 5.41) is 9.12. The van der Waals surface area contributed by atoms with Gasteiger partial charge in [-0.15, -0.1) is 0 Å². The maximum atomic E-state index is 11.9. The fourth-order valence-corrected chi connectivity index (χ4v) is 2.41. The number of carboxylic acid groups (broad SMARTS) is 1. The Balaban J connectivity index is 2.27. The molecule has 1 N–H and O–H groups in total. The van der Waals surface area contributed by atoms with Gasteiger partial charge < -0.3 is 19.3 Å². The van der Waals surface area contributed by atoms with Crippen LogP contribution in [-0.4, -0.2) is 31.3 Å². The van der Waals surface area contributed by atoms with Gasteiger partial charge in [-0.3, -0.25) is 0 Å². The predicted molar refractivity (Wildman–Crippen MR) is 96.8 cm³/mol. The second-order valence-corrected chi connectivity index (χ2v) is 5.60. The number of halogens is 1. The van der Waals surface area contributed by atoms with Crippen LogP contribution >= 0.6 is 11.6 Å². The van der Waals surface area contributed by atoms with Crippen LogP contribution in [0, 0.1) is 0 Å². The van der Waals surface area contributed by atoms with Gasteiger partial charge in [0, 0.05) is 16.7 Å². The molecule has 0 radical (unpaired) electrons. The highest BCUT2D eigenvalue weighted by atomic mass is 35.5. The molecule has 136 valence electrons. The molecule has 2 aromatic rings. The largest absolute Gasteiger partial charge is 0.496 e. The number of carboxylic acids is 1. The molecule has 0 atom stereocenters. The van der Waals surface area contributed by atoms with Gasteiger partial charge in [0.25, 0.3) is 0 Å². The Morgan fingerprint density at radius 3 is 2.50 bits per heavy atom. The van der Waals surface area contributed by atoms with Crippen LogP contribution in [0.15, 0.2) is 42.5 Å². The summed E-state index contributed by atoms with van der Waals surface area (Å²) >= 11 is 5.92. The smallest absolute Gasteiger partial charge is 0.341 e. The maximum Gasteiger partial charge on any atom is 0.341 e. The third kappa shape index (κ3) is 5.00. The van der Waals surface area contributed by atoms with Crippen LogP contribution in [0.1, 0.15) is 21.5 Å². The molecular formula is C19H17ClO6. The van der Waals surface area contributed by atoms with E-state index in [4.69, 9.17) is 30.9 Å². The van der Waals surface area contributed by atoms with Crippen LogP contribution in [0.25, 0.3) is 6.08 Å². The van der Waals surface area contributed by atoms with Crippen LogP contribution < -0.4 is 9.47 Å². The van der Waals surface area contributed by atoms with Gasteiger partial charge in [-0.25, -0.2) is 9.59 Å². The molecule has 0 bridgehead atoms. The fourth-order valence-electron chi connectivity index (χ4n) is 2.24. The molecule has 0 spiro atoms. The van der Waals surface area contributed by atoms with E-state index in [2.05, 4.69) is 0 Å². The molecule has 0 saturated carbocycles. The molecule has 6 nitrogen and oxygen atoms in total. The van der Waals surface area contributed by atoms with Gasteiger partial charge in [0.1, 0.15) is 23.7 Å². The van der Waals surface area contributed by atoms with Crippen molar-refractivity contribution in [3.8, 4) is 11.5 Å². The normalized spacial score (nSPS) is 10.6. The zero-order chi connectivity index (χ0) is 19.1. The highest BCUT2D eigenvalue weighted by molar-refractivity contribution is 6.31. The Morgan fingerprint density at radius 2 is 1.85 bits per heavy atom. The molecule has 0 heterocycles. The van der Waals surface area contributed by atoms with E-state index >= 15 is 0 Å². The van der Waals surface area contributed by atoms with Crippen molar-refractivity contribution in [1.29, 1.82) is 0 Å². The first-order chi connectivity index (χ1) is 12.4. The van der Waals surface area contributed by atoms with E-state index in [1.165, 1.54) is 26.4 Å². The van der Waals surface area contributed by atoms with E-state index in [0.29, 0.717) is 27.6 Å². The van der Waals surface area contributed by atoms with Crippen molar-refractivity contribution in [2.24, 2.45) is 0 Å². The predicted octanol–water partition coefficient (Wildman–Crippen LogP) is 3.81. The van der Waals surface area contributed by atoms with Gasteiger partial charge in [0.2, 0.25) is 0 Å². The number of benzene rings is 2. The minimum absolute atomic E-state index is 0.101. The minimum Gasteiger partial charge on any atom is -0.496 e. The Labute approximate surface area is 155 Å². The number of ether oxygens (including phenoxy) is 3. The van der Waals surface area contributed by atoms with E-state index < -0.39 is 11.9 Å². The molecule has 2 rings (SSSR count). The van der Waals surface area contributed by atoms with Gasteiger partial charge in [-0.1, -0.05) is 17.7 Å². The summed E-state index contributed by atoms with van der Waals surface area (Å²) in [5.74, 6) is -0.712. The first-order valence-electron chi connectivity index (χ1n) is 7.53. The summed E-state index contributed by atoms with van der Waals surface area (Å²) in [6, 6.07) is 9.83. The molecule has 7 heteroatoms. The Hall–Kier alpha value is -2.99. The molecule has 2 aromatic carbocycles. The van der Waals surface area contributed by atoms with Crippen molar-refractivity contribution in [3.63, 3.8) is 0 Å². The van der Waals surface area contributed by atoms with Crippen molar-refractivity contribution in [3.05, 3.63) is 64.2 Å². The number of rotatable bonds is 7. The fraction of sp³-hybridized carbons (Fsp3) is 0.158. The van der Waals surface area contributed by atoms with E-state index in [1.54, 1.807) is 30.3 Å². The minimum atomic E-state index is -1.04. The zero-order valence-corrected chi connectivity index (χ0v) is 14.9. The lowest BCUT2D eigenvalue weighted by Gasteiger charge is -2.13. The van der Waals surface area contributed by atoms with Gasteiger partial charge in [-0.05, 0) is 42.0 Å². The summed E-state index contributed by atoms with van der Waals surface area (Å²) in [6.07, 6.45) is 2.51. The van der Waals surface area contributed by atoms with E-state index in [9.17, 15) is 9.59 Å². The second-order valence-electron chi connectivity index (χ2n) is 5.16. The highest BCUT2D eigenvalue weighted by Crippen LogP contribution is 2.27. The van der Waals surface area contributed by atoms with Gasteiger partial charge in [0.15, 0.2) is 0 Å². The molecular weight excluding hydrogens is 360 g/mol. The molecule has 0 saturated heterocycles. The number of hydrogen-bond donors (Lipinski definition) is 1. The Morgan fingerprint density at radius 1 is 1.12 bits per heavy atom. The summed E-state index contributed by atoms with van der Waals surface area (Å²) in [7, 11) is 2.79. The molecule has 0 aromatic heterocycles. The summed E-state index contributed by atoms with van der Waals surface area (Å²) < 4.78 is 15.8. The topological polar surface area (TPSA) is 82.1 Å². The second kappa shape index (κ2) is 8.92. The van der Waals surface area contributed by atoms with Crippen molar-refractivity contribution in [2.45, 2.75) is 6.61 Å². The van der Waals surface area contributed by atoms with Gasteiger partial charge in [0.05, 0.1) is 14.2 Å². The lowest BCUT2D eigenvalue weighted by molar-refractivity contribution is -0.131. The maximum absolute atomic E-state index is 11.9. The number of methoxy groups -OCH3 is 2. The molecule has 0 aliphatic rings. The van der Waals surface area contributed by atoms with E-state index in [0.717, 1.165) is 6.08 Å². The van der Waals surface area contributed by atoms with Gasteiger partial charge in [-0.2, -0.15) is 0 Å². The summed E-state index contributed by atoms with van der Waals surface area (Å²) in [5.41, 5.74) is 1.57. The van der Waals surface area contributed by atoms with Crippen molar-refractivity contribution >= 4 is 29.6 Å². The summed E-state index contributed by atoms with van der Waals surface area (Å²) in [4.78, 5) is 22.5. The third-order valence-corrected chi connectivity index (χ3v) is 3.69. The number of aliphatic carboxylic acids is 1. The van der Waals surface area contributed by atoms with Crippen LogP contribution in [0.4, 0.5) is 0 Å². The Bertz CT molecular complexity index is 844. The number of carbonyl (C=O) groups is 2. The third-order valence-electron chi connectivity index (χ3n) is 3.45. The number of carbonyl (C=O) groups excluding carboxylic acids is 1. The number of esters is 1. The van der Waals surface area contributed by atoms with Crippen molar-refractivity contribution in [2.75, 3.05) is 14.2 Å². The SMILES string of the molecule is COC(=O)c1cc(Cl)ccc1OCc1cc(C=CC(=O)O)ccc1OC. The van der Waals surface area contributed by atoms with Crippen LogP contribution in [0.2, 0.25) is 5.02 Å². The first kappa shape index (κ1) is 19.3. The average molecular weight is 377 g/mol. The molecule has 26 heavy (non-hydrogen) atoms. The molecule has 0 aliphatic carbocycles. The monoisotopic (exact) mass is 376 g/mol. The number of hydrogen-bond acceptors (Lipinski definition) is 5. The summed E-state index contributed by atoms with van der Waals surface area (Å²) in [6.45, 7) is 0.101. The van der Waals surface area contributed by atoms with Crippen LogP contribution in [-0.2, 0) is 16.1 Å². The van der Waals surface area contributed by atoms with Gasteiger partial charge >= 0.3 is 11.9 Å². The van der Waals surface area contributed by atoms with Crippen molar-refractivity contribution < 1.29 is 28.9 Å².